The Morgan fingerprint density at radius 3 is 2.72 bits per heavy atom. The van der Waals surface area contributed by atoms with E-state index in [1.807, 2.05) is 0 Å². The number of carbonyl (C=O) groups is 2. The number of anilines is 1. The van der Waals surface area contributed by atoms with Crippen molar-refractivity contribution in [3.05, 3.63) is 28.8 Å². The van der Waals surface area contributed by atoms with Crippen LogP contribution in [0.4, 0.5) is 5.69 Å². The maximum atomic E-state index is 12.5. The van der Waals surface area contributed by atoms with Crippen LogP contribution >= 0.6 is 11.6 Å². The Morgan fingerprint density at radius 1 is 1.24 bits per heavy atom. The number of hydrogen-bond donors (Lipinski definition) is 3. The first-order chi connectivity index (χ1) is 12.1. The summed E-state index contributed by atoms with van der Waals surface area (Å²) < 4.78 is 4.88. The van der Waals surface area contributed by atoms with Gasteiger partial charge < -0.3 is 20.7 Å². The molecule has 0 heterocycles. The summed E-state index contributed by atoms with van der Waals surface area (Å²) in [6.45, 7) is 1.06. The Hall–Kier alpha value is -1.79. The van der Waals surface area contributed by atoms with E-state index in [1.165, 1.54) is 6.42 Å². The molecule has 0 unspecified atom stereocenters. The zero-order chi connectivity index (χ0) is 18.1. The van der Waals surface area contributed by atoms with E-state index in [-0.39, 0.29) is 24.4 Å². The maximum absolute atomic E-state index is 12.5. The van der Waals surface area contributed by atoms with E-state index < -0.39 is 0 Å². The van der Waals surface area contributed by atoms with Crippen molar-refractivity contribution in [2.24, 2.45) is 0 Å². The van der Waals surface area contributed by atoms with Crippen molar-refractivity contribution in [2.45, 2.75) is 38.1 Å². The van der Waals surface area contributed by atoms with Crippen LogP contribution in [0.25, 0.3) is 0 Å². The summed E-state index contributed by atoms with van der Waals surface area (Å²) in [7, 11) is 1.58. The fourth-order valence-corrected chi connectivity index (χ4v) is 3.06. The van der Waals surface area contributed by atoms with Gasteiger partial charge in [0.2, 0.25) is 5.91 Å². The molecule has 2 amide bonds. The lowest BCUT2D eigenvalue weighted by molar-refractivity contribution is -0.119. The second-order valence-corrected chi connectivity index (χ2v) is 6.61. The molecule has 7 heteroatoms. The van der Waals surface area contributed by atoms with Gasteiger partial charge in [0.25, 0.3) is 5.91 Å². The smallest absolute Gasteiger partial charge is 0.253 e. The van der Waals surface area contributed by atoms with Crippen molar-refractivity contribution < 1.29 is 14.3 Å². The molecular weight excluding hydrogens is 342 g/mol. The van der Waals surface area contributed by atoms with E-state index in [1.54, 1.807) is 25.3 Å². The number of carbonyl (C=O) groups excluding carboxylic acids is 2. The van der Waals surface area contributed by atoms with Crippen LogP contribution in [0, 0.1) is 0 Å². The van der Waals surface area contributed by atoms with E-state index in [0.29, 0.717) is 29.4 Å². The minimum absolute atomic E-state index is 0.120. The largest absolute Gasteiger partial charge is 0.383 e. The lowest BCUT2D eigenvalue weighted by Crippen LogP contribution is -2.36. The summed E-state index contributed by atoms with van der Waals surface area (Å²) >= 11 is 6.17. The highest BCUT2D eigenvalue weighted by molar-refractivity contribution is 6.34. The summed E-state index contributed by atoms with van der Waals surface area (Å²) in [4.78, 5) is 24.2. The second kappa shape index (κ2) is 10.3. The average molecular weight is 368 g/mol. The Kier molecular flexibility index (Phi) is 8.01. The van der Waals surface area contributed by atoms with Gasteiger partial charge in [-0.25, -0.2) is 0 Å². The molecule has 0 aliphatic heterocycles. The molecule has 6 nitrogen and oxygen atoms in total. The van der Waals surface area contributed by atoms with E-state index in [0.717, 1.165) is 25.7 Å². The summed E-state index contributed by atoms with van der Waals surface area (Å²) in [6.07, 6.45) is 5.57. The zero-order valence-corrected chi connectivity index (χ0v) is 15.3. The van der Waals surface area contributed by atoms with Crippen molar-refractivity contribution >= 4 is 29.1 Å². The molecule has 3 N–H and O–H groups in total. The van der Waals surface area contributed by atoms with Gasteiger partial charge in [-0.05, 0) is 31.0 Å². The van der Waals surface area contributed by atoms with Gasteiger partial charge in [-0.1, -0.05) is 30.9 Å². The molecule has 25 heavy (non-hydrogen) atoms. The standard InChI is InChI=1S/C18H26ClN3O3/c1-25-10-9-20-17(23)12-21-14-7-8-16(19)15(11-14)18(24)22-13-5-3-2-4-6-13/h7-8,11,13,21H,2-6,9-10,12H2,1H3,(H,20,23)(H,22,24). The van der Waals surface area contributed by atoms with Crippen LogP contribution in [0.2, 0.25) is 5.02 Å². The predicted octanol–water partition coefficient (Wildman–Crippen LogP) is 2.58. The molecule has 0 aromatic heterocycles. The lowest BCUT2D eigenvalue weighted by atomic mass is 9.95. The highest BCUT2D eigenvalue weighted by atomic mass is 35.5. The third-order valence-corrected chi connectivity index (χ3v) is 4.56. The molecule has 0 spiro atoms. The number of ether oxygens (including phenoxy) is 1. The lowest BCUT2D eigenvalue weighted by Gasteiger charge is -2.23. The zero-order valence-electron chi connectivity index (χ0n) is 14.6. The fraction of sp³-hybridized carbons (Fsp3) is 0.556. The molecule has 1 aromatic rings. The summed E-state index contributed by atoms with van der Waals surface area (Å²) in [5.74, 6) is -0.301. The van der Waals surface area contributed by atoms with Crippen LogP contribution in [0.1, 0.15) is 42.5 Å². The topological polar surface area (TPSA) is 79.5 Å². The van der Waals surface area contributed by atoms with E-state index >= 15 is 0 Å². The summed E-state index contributed by atoms with van der Waals surface area (Å²) in [5.41, 5.74) is 1.11. The van der Waals surface area contributed by atoms with E-state index in [2.05, 4.69) is 16.0 Å². The molecule has 0 radical (unpaired) electrons. The van der Waals surface area contributed by atoms with Crippen LogP contribution in [0.15, 0.2) is 18.2 Å². The van der Waals surface area contributed by atoms with Crippen molar-refractivity contribution in [2.75, 3.05) is 32.1 Å². The molecule has 0 saturated heterocycles. The first-order valence-corrected chi connectivity index (χ1v) is 9.08. The van der Waals surface area contributed by atoms with Gasteiger partial charge in [-0.2, -0.15) is 0 Å². The molecule has 138 valence electrons. The number of nitrogens with one attached hydrogen (secondary N) is 3. The Balaban J connectivity index is 1.90. The van der Waals surface area contributed by atoms with Gasteiger partial charge in [0.15, 0.2) is 0 Å². The molecule has 1 aliphatic carbocycles. The molecule has 0 atom stereocenters. The average Bonchev–Trinajstić information content (AvgIpc) is 2.62. The first kappa shape index (κ1) is 19.5. The van der Waals surface area contributed by atoms with Crippen LogP contribution in [-0.4, -0.2) is 44.7 Å². The van der Waals surface area contributed by atoms with Crippen molar-refractivity contribution in [3.8, 4) is 0 Å². The second-order valence-electron chi connectivity index (χ2n) is 6.20. The van der Waals surface area contributed by atoms with Crippen molar-refractivity contribution in [1.29, 1.82) is 0 Å². The predicted molar refractivity (Wildman–Crippen MR) is 99.2 cm³/mol. The number of hydrogen-bond acceptors (Lipinski definition) is 4. The normalized spacial score (nSPS) is 14.8. The number of amides is 2. The minimum Gasteiger partial charge on any atom is -0.383 e. The minimum atomic E-state index is -0.162. The van der Waals surface area contributed by atoms with Gasteiger partial charge in [0, 0.05) is 25.4 Å². The number of halogens is 1. The van der Waals surface area contributed by atoms with Gasteiger partial charge in [-0.3, -0.25) is 9.59 Å². The van der Waals surface area contributed by atoms with Crippen LogP contribution in [0.5, 0.6) is 0 Å². The van der Waals surface area contributed by atoms with Gasteiger partial charge >= 0.3 is 0 Å². The quantitative estimate of drug-likeness (QED) is 0.617. The molecule has 2 rings (SSSR count). The third kappa shape index (κ3) is 6.55. The Labute approximate surface area is 153 Å². The Morgan fingerprint density at radius 2 is 2.00 bits per heavy atom. The molecule has 1 fully saturated rings. The van der Waals surface area contributed by atoms with E-state index in [9.17, 15) is 9.59 Å². The van der Waals surface area contributed by atoms with Crippen molar-refractivity contribution in [3.63, 3.8) is 0 Å². The van der Waals surface area contributed by atoms with Gasteiger partial charge in [0.05, 0.1) is 23.7 Å². The highest BCUT2D eigenvalue weighted by Gasteiger charge is 2.18. The summed E-state index contributed by atoms with van der Waals surface area (Å²) in [5, 5.41) is 9.19. The Bertz CT molecular complexity index is 589. The van der Waals surface area contributed by atoms with Crippen LogP contribution in [-0.2, 0) is 9.53 Å². The molecule has 1 aliphatic rings. The molecule has 1 saturated carbocycles. The number of rotatable bonds is 8. The monoisotopic (exact) mass is 367 g/mol. The van der Waals surface area contributed by atoms with E-state index in [4.69, 9.17) is 16.3 Å². The first-order valence-electron chi connectivity index (χ1n) is 8.70. The van der Waals surface area contributed by atoms with Crippen molar-refractivity contribution in [1.82, 2.24) is 10.6 Å². The fourth-order valence-electron chi connectivity index (χ4n) is 2.86. The third-order valence-electron chi connectivity index (χ3n) is 4.23. The number of methoxy groups -OCH3 is 1. The molecule has 1 aromatic carbocycles. The van der Waals surface area contributed by atoms with Gasteiger partial charge in [-0.15, -0.1) is 0 Å². The number of benzene rings is 1. The maximum Gasteiger partial charge on any atom is 0.253 e. The van der Waals surface area contributed by atoms with Crippen LogP contribution in [0.3, 0.4) is 0 Å². The molecular formula is C18H26ClN3O3. The van der Waals surface area contributed by atoms with Gasteiger partial charge in [0.1, 0.15) is 0 Å². The highest BCUT2D eigenvalue weighted by Crippen LogP contribution is 2.22. The van der Waals surface area contributed by atoms with Crippen LogP contribution < -0.4 is 16.0 Å². The SMILES string of the molecule is COCCNC(=O)CNc1ccc(Cl)c(C(=O)NC2CCCCC2)c1. The summed E-state index contributed by atoms with van der Waals surface area (Å²) in [6, 6.07) is 5.33. The molecule has 0 bridgehead atoms.